The Morgan fingerprint density at radius 3 is 2.50 bits per heavy atom. The molecule has 1 saturated heterocycles. The molecular weight excluding hydrogens is 448 g/mol. The van der Waals surface area contributed by atoms with Crippen molar-refractivity contribution < 1.29 is 4.79 Å². The highest BCUT2D eigenvalue weighted by molar-refractivity contribution is 5.97. The molecule has 4 aromatic rings. The van der Waals surface area contributed by atoms with E-state index in [0.717, 1.165) is 37.1 Å². The van der Waals surface area contributed by atoms with Gasteiger partial charge in [-0.2, -0.15) is 0 Å². The molecule has 1 aliphatic heterocycles. The minimum absolute atomic E-state index is 0.103. The van der Waals surface area contributed by atoms with Gasteiger partial charge in [-0.25, -0.2) is 4.98 Å². The molecule has 6 nitrogen and oxygen atoms in total. The molecule has 1 N–H and O–H groups in total. The lowest BCUT2D eigenvalue weighted by Gasteiger charge is -2.17. The normalized spacial score (nSPS) is 15.9. The van der Waals surface area contributed by atoms with Crippen molar-refractivity contribution in [2.75, 3.05) is 19.6 Å². The Morgan fingerprint density at radius 2 is 1.72 bits per heavy atom. The number of carbonyl (C=O) groups excluding carboxylic acids is 1. The van der Waals surface area contributed by atoms with Crippen LogP contribution < -0.4 is 10.9 Å². The first-order chi connectivity index (χ1) is 17.5. The zero-order valence-electron chi connectivity index (χ0n) is 20.9. The fourth-order valence-electron chi connectivity index (χ4n) is 4.95. The molecular formula is C30H32N4O2. The van der Waals surface area contributed by atoms with Crippen molar-refractivity contribution in [2.24, 2.45) is 5.92 Å². The molecule has 1 fully saturated rings. The first kappa shape index (κ1) is 23.9. The molecule has 5 rings (SSSR count). The second-order valence-corrected chi connectivity index (χ2v) is 9.86. The van der Waals surface area contributed by atoms with Crippen molar-refractivity contribution >= 4 is 16.9 Å². The van der Waals surface area contributed by atoms with E-state index < -0.39 is 0 Å². The van der Waals surface area contributed by atoms with Crippen LogP contribution in [0.5, 0.6) is 0 Å². The van der Waals surface area contributed by atoms with Gasteiger partial charge in [-0.15, -0.1) is 0 Å². The molecule has 1 amide bonds. The second kappa shape index (κ2) is 10.5. The summed E-state index contributed by atoms with van der Waals surface area (Å²) in [6.45, 7) is 7.93. The first-order valence-electron chi connectivity index (χ1n) is 12.6. The van der Waals surface area contributed by atoms with E-state index in [1.54, 1.807) is 23.6 Å². The number of hydrogen-bond acceptors (Lipinski definition) is 4. The number of nitrogens with zero attached hydrogens (tertiary/aromatic N) is 3. The molecule has 1 atom stereocenters. The highest BCUT2D eigenvalue weighted by atomic mass is 16.1. The van der Waals surface area contributed by atoms with Crippen LogP contribution in [0.25, 0.3) is 11.0 Å². The fourth-order valence-corrected chi connectivity index (χ4v) is 4.95. The Morgan fingerprint density at radius 1 is 0.972 bits per heavy atom. The van der Waals surface area contributed by atoms with Crippen LogP contribution in [-0.2, 0) is 13.1 Å². The van der Waals surface area contributed by atoms with Gasteiger partial charge in [0.2, 0.25) is 0 Å². The molecule has 3 aromatic carbocycles. The predicted octanol–water partition coefficient (Wildman–Crippen LogP) is 4.31. The average molecular weight is 481 g/mol. The number of hydrogen-bond donors (Lipinski definition) is 1. The third-order valence-corrected chi connectivity index (χ3v) is 7.00. The number of aryl methyl sites for hydroxylation is 2. The van der Waals surface area contributed by atoms with Crippen LogP contribution in [0, 0.1) is 19.8 Å². The average Bonchev–Trinajstić information content (AvgIpc) is 3.34. The van der Waals surface area contributed by atoms with Crippen LogP contribution in [0.1, 0.15) is 39.2 Å². The summed E-state index contributed by atoms with van der Waals surface area (Å²) in [6.07, 6.45) is 1.08. The monoisotopic (exact) mass is 480 g/mol. The van der Waals surface area contributed by atoms with Crippen molar-refractivity contribution in [3.63, 3.8) is 0 Å². The van der Waals surface area contributed by atoms with E-state index in [4.69, 9.17) is 0 Å². The van der Waals surface area contributed by atoms with Crippen molar-refractivity contribution in [1.29, 1.82) is 0 Å². The molecule has 0 spiro atoms. The summed E-state index contributed by atoms with van der Waals surface area (Å²) in [5.74, 6) is 0.338. The molecule has 2 heterocycles. The van der Waals surface area contributed by atoms with Crippen molar-refractivity contribution in [3.8, 4) is 0 Å². The van der Waals surface area contributed by atoms with Crippen molar-refractivity contribution in [1.82, 2.24) is 19.8 Å². The van der Waals surface area contributed by atoms with E-state index in [9.17, 15) is 9.59 Å². The number of fused-ring (bicyclic) bond motifs is 1. The zero-order valence-corrected chi connectivity index (χ0v) is 20.9. The number of benzene rings is 3. The third kappa shape index (κ3) is 5.39. The van der Waals surface area contributed by atoms with Gasteiger partial charge in [-0.3, -0.25) is 14.5 Å². The van der Waals surface area contributed by atoms with Crippen molar-refractivity contribution in [2.45, 2.75) is 33.4 Å². The van der Waals surface area contributed by atoms with Gasteiger partial charge in [0.05, 0.1) is 17.6 Å². The van der Waals surface area contributed by atoms with Crippen LogP contribution in [0.15, 0.2) is 77.6 Å². The SMILES string of the molecule is Cc1ccc(CN2CC[C@@H](CNC(=O)c3ccc4c(c3)nc(C)c(=O)n4Cc3ccccc3)C2)cc1. The summed E-state index contributed by atoms with van der Waals surface area (Å²) in [6, 6.07) is 24.0. The smallest absolute Gasteiger partial charge is 0.272 e. The number of likely N-dealkylation sites (tertiary alicyclic amines) is 1. The standard InChI is InChI=1S/C30H32N4O2/c1-21-8-10-24(11-9-21)18-33-15-14-25(19-33)17-31-29(35)26-12-13-28-27(16-26)32-22(2)30(36)34(28)20-23-6-4-3-5-7-23/h3-13,16,25H,14-15,17-20H2,1-2H3,(H,31,35)/t25-/m0/s1. The molecule has 6 heteroatoms. The van der Waals surface area contributed by atoms with Gasteiger partial charge < -0.3 is 9.88 Å². The Balaban J connectivity index is 1.24. The third-order valence-electron chi connectivity index (χ3n) is 7.00. The van der Waals surface area contributed by atoms with Crippen LogP contribution in [0.2, 0.25) is 0 Å². The lowest BCUT2D eigenvalue weighted by molar-refractivity contribution is 0.0947. The minimum atomic E-state index is -0.111. The highest BCUT2D eigenvalue weighted by Gasteiger charge is 2.23. The molecule has 0 aliphatic carbocycles. The minimum Gasteiger partial charge on any atom is -0.352 e. The number of carbonyl (C=O) groups is 1. The van der Waals surface area contributed by atoms with Gasteiger partial charge in [0.25, 0.3) is 11.5 Å². The van der Waals surface area contributed by atoms with E-state index in [1.165, 1.54) is 11.1 Å². The van der Waals surface area contributed by atoms with E-state index in [2.05, 4.69) is 46.4 Å². The maximum atomic E-state index is 13.0. The lowest BCUT2D eigenvalue weighted by Crippen LogP contribution is -2.31. The maximum Gasteiger partial charge on any atom is 0.272 e. The van der Waals surface area contributed by atoms with Crippen molar-refractivity contribution in [3.05, 3.63) is 111 Å². The van der Waals surface area contributed by atoms with Gasteiger partial charge >= 0.3 is 0 Å². The number of rotatable bonds is 7. The predicted molar refractivity (Wildman–Crippen MR) is 143 cm³/mol. The number of aromatic nitrogens is 2. The van der Waals surface area contributed by atoms with Crippen LogP contribution >= 0.6 is 0 Å². The van der Waals surface area contributed by atoms with E-state index in [-0.39, 0.29) is 11.5 Å². The molecule has 0 radical (unpaired) electrons. The van der Waals surface area contributed by atoms with E-state index in [1.807, 2.05) is 36.4 Å². The number of nitrogens with one attached hydrogen (secondary N) is 1. The van der Waals surface area contributed by atoms with Crippen LogP contribution in [-0.4, -0.2) is 40.0 Å². The molecule has 36 heavy (non-hydrogen) atoms. The first-order valence-corrected chi connectivity index (χ1v) is 12.6. The highest BCUT2D eigenvalue weighted by Crippen LogP contribution is 2.19. The summed E-state index contributed by atoms with van der Waals surface area (Å²) in [7, 11) is 0. The summed E-state index contributed by atoms with van der Waals surface area (Å²) >= 11 is 0. The van der Waals surface area contributed by atoms with Gasteiger partial charge in [-0.05, 0) is 62.1 Å². The molecule has 1 aromatic heterocycles. The summed E-state index contributed by atoms with van der Waals surface area (Å²) in [5.41, 5.74) is 5.91. The van der Waals surface area contributed by atoms with Gasteiger partial charge in [0.1, 0.15) is 5.69 Å². The largest absolute Gasteiger partial charge is 0.352 e. The Labute approximate surface area is 211 Å². The molecule has 0 saturated carbocycles. The van der Waals surface area contributed by atoms with Gasteiger partial charge in [-0.1, -0.05) is 60.2 Å². The second-order valence-electron chi connectivity index (χ2n) is 9.86. The van der Waals surface area contributed by atoms with Crippen LogP contribution in [0.4, 0.5) is 0 Å². The molecule has 184 valence electrons. The molecule has 0 unspecified atom stereocenters. The number of amides is 1. The molecule has 1 aliphatic rings. The summed E-state index contributed by atoms with van der Waals surface area (Å²) < 4.78 is 1.73. The zero-order chi connectivity index (χ0) is 25.1. The Kier molecular flexibility index (Phi) is 6.96. The fraction of sp³-hybridized carbons (Fsp3) is 0.300. The quantitative estimate of drug-likeness (QED) is 0.428. The van der Waals surface area contributed by atoms with Gasteiger partial charge in [0.15, 0.2) is 0 Å². The summed E-state index contributed by atoms with van der Waals surface area (Å²) in [4.78, 5) is 32.7. The van der Waals surface area contributed by atoms with Crippen LogP contribution in [0.3, 0.4) is 0 Å². The Bertz CT molecular complexity index is 1430. The van der Waals surface area contributed by atoms with E-state index >= 15 is 0 Å². The molecule has 0 bridgehead atoms. The summed E-state index contributed by atoms with van der Waals surface area (Å²) in [5, 5.41) is 3.12. The van der Waals surface area contributed by atoms with Gasteiger partial charge in [0, 0.05) is 25.2 Å². The topological polar surface area (TPSA) is 67.2 Å². The lowest BCUT2D eigenvalue weighted by atomic mass is 10.1. The maximum absolute atomic E-state index is 13.0. The van der Waals surface area contributed by atoms with E-state index in [0.29, 0.717) is 35.8 Å². The Hall–Kier alpha value is -3.77.